The van der Waals surface area contributed by atoms with Crippen molar-refractivity contribution in [1.29, 1.82) is 0 Å². The van der Waals surface area contributed by atoms with E-state index in [1.54, 1.807) is 10.9 Å². The zero-order valence-corrected chi connectivity index (χ0v) is 5.20. The van der Waals surface area contributed by atoms with Crippen molar-refractivity contribution in [2.75, 3.05) is 12.2 Å². The van der Waals surface area contributed by atoms with Gasteiger partial charge in [0.2, 0.25) is 5.88 Å². The SMILES string of the molecule is O=c1ccn2c(c1)OCN2. The van der Waals surface area contributed by atoms with E-state index in [0.717, 1.165) is 0 Å². The highest BCUT2D eigenvalue weighted by Gasteiger charge is 2.06. The molecule has 1 aromatic rings. The Labute approximate surface area is 57.0 Å². The number of nitrogens with one attached hydrogen (secondary N) is 1. The summed E-state index contributed by atoms with van der Waals surface area (Å²) in [5, 5.41) is 0. The second kappa shape index (κ2) is 1.76. The molecule has 0 fully saturated rings. The number of aromatic nitrogens is 1. The zero-order chi connectivity index (χ0) is 6.97. The molecule has 0 aliphatic carbocycles. The fraction of sp³-hybridized carbons (Fsp3) is 0.167. The van der Waals surface area contributed by atoms with Gasteiger partial charge in [-0.1, -0.05) is 0 Å². The molecule has 0 unspecified atom stereocenters. The monoisotopic (exact) mass is 138 g/mol. The first-order valence-corrected chi connectivity index (χ1v) is 2.96. The van der Waals surface area contributed by atoms with E-state index in [1.165, 1.54) is 12.1 Å². The topological polar surface area (TPSA) is 43.3 Å². The van der Waals surface area contributed by atoms with Gasteiger partial charge >= 0.3 is 0 Å². The first kappa shape index (κ1) is 5.34. The maximum Gasteiger partial charge on any atom is 0.218 e. The maximum absolute atomic E-state index is 10.7. The molecule has 0 saturated heterocycles. The number of hydrogen-bond acceptors (Lipinski definition) is 3. The first-order chi connectivity index (χ1) is 4.86. The molecule has 0 amide bonds. The van der Waals surface area contributed by atoms with Crippen LogP contribution in [0.4, 0.5) is 0 Å². The lowest BCUT2D eigenvalue weighted by molar-refractivity contribution is 0.370. The van der Waals surface area contributed by atoms with Crippen LogP contribution in [0.3, 0.4) is 0 Å². The summed E-state index contributed by atoms with van der Waals surface area (Å²) in [5.41, 5.74) is 2.85. The smallest absolute Gasteiger partial charge is 0.218 e. The molecule has 52 valence electrons. The lowest BCUT2D eigenvalue weighted by atomic mass is 10.5. The Balaban J connectivity index is 2.63. The van der Waals surface area contributed by atoms with E-state index in [9.17, 15) is 4.79 Å². The summed E-state index contributed by atoms with van der Waals surface area (Å²) in [5.74, 6) is 0.576. The highest BCUT2D eigenvalue weighted by Crippen LogP contribution is 2.08. The van der Waals surface area contributed by atoms with Gasteiger partial charge in [-0.05, 0) is 0 Å². The number of nitrogens with zero attached hydrogens (tertiary/aromatic N) is 1. The van der Waals surface area contributed by atoms with Crippen LogP contribution in [0.5, 0.6) is 5.88 Å². The molecule has 4 heteroatoms. The molecule has 0 aromatic carbocycles. The van der Waals surface area contributed by atoms with E-state index >= 15 is 0 Å². The van der Waals surface area contributed by atoms with Crippen LogP contribution in [0.25, 0.3) is 0 Å². The van der Waals surface area contributed by atoms with E-state index < -0.39 is 0 Å². The summed E-state index contributed by atoms with van der Waals surface area (Å²) < 4.78 is 6.70. The van der Waals surface area contributed by atoms with Gasteiger partial charge in [0.1, 0.15) is 0 Å². The molecule has 4 nitrogen and oxygen atoms in total. The second-order valence-electron chi connectivity index (χ2n) is 2.02. The van der Waals surface area contributed by atoms with E-state index in [2.05, 4.69) is 5.43 Å². The number of hydrogen-bond donors (Lipinski definition) is 1. The van der Waals surface area contributed by atoms with Crippen molar-refractivity contribution in [2.24, 2.45) is 0 Å². The molecule has 1 N–H and O–H groups in total. The standard InChI is InChI=1S/C6H6N2O2/c9-5-1-2-8-6(3-5)10-4-7-8/h1-3,7H,4H2. The molecule has 10 heavy (non-hydrogen) atoms. The molecular weight excluding hydrogens is 132 g/mol. The Kier molecular flexibility index (Phi) is 0.943. The van der Waals surface area contributed by atoms with Gasteiger partial charge < -0.3 is 4.74 Å². The van der Waals surface area contributed by atoms with E-state index in [4.69, 9.17) is 4.74 Å². The van der Waals surface area contributed by atoms with Crippen molar-refractivity contribution in [2.45, 2.75) is 0 Å². The van der Waals surface area contributed by atoms with Crippen LogP contribution >= 0.6 is 0 Å². The number of rotatable bonds is 0. The zero-order valence-electron chi connectivity index (χ0n) is 5.20. The van der Waals surface area contributed by atoms with Gasteiger partial charge in [-0.3, -0.25) is 10.2 Å². The Morgan fingerprint density at radius 3 is 3.50 bits per heavy atom. The fourth-order valence-electron chi connectivity index (χ4n) is 0.878. The Morgan fingerprint density at radius 1 is 1.70 bits per heavy atom. The van der Waals surface area contributed by atoms with Gasteiger partial charge in [0.25, 0.3) is 0 Å². The lowest BCUT2D eigenvalue weighted by Crippen LogP contribution is -2.08. The van der Waals surface area contributed by atoms with E-state index in [-0.39, 0.29) is 5.43 Å². The van der Waals surface area contributed by atoms with Crippen molar-refractivity contribution in [3.8, 4) is 5.88 Å². The molecule has 1 aliphatic rings. The summed E-state index contributed by atoms with van der Waals surface area (Å²) in [7, 11) is 0. The molecule has 2 rings (SSSR count). The first-order valence-electron chi connectivity index (χ1n) is 2.96. The van der Waals surface area contributed by atoms with Gasteiger partial charge in [0.15, 0.2) is 12.2 Å². The quantitative estimate of drug-likeness (QED) is 0.537. The summed E-state index contributed by atoms with van der Waals surface area (Å²) in [6.07, 6.45) is 1.64. The Morgan fingerprint density at radius 2 is 2.60 bits per heavy atom. The van der Waals surface area contributed by atoms with Crippen LogP contribution < -0.4 is 15.6 Å². The molecule has 0 spiro atoms. The van der Waals surface area contributed by atoms with Crippen molar-refractivity contribution < 1.29 is 4.74 Å². The van der Waals surface area contributed by atoms with Crippen molar-refractivity contribution >= 4 is 0 Å². The highest BCUT2D eigenvalue weighted by molar-refractivity contribution is 5.16. The minimum absolute atomic E-state index is 0.0325. The molecule has 1 aromatic heterocycles. The van der Waals surface area contributed by atoms with Crippen LogP contribution in [-0.4, -0.2) is 11.4 Å². The van der Waals surface area contributed by atoms with Gasteiger partial charge in [-0.2, -0.15) is 0 Å². The second-order valence-corrected chi connectivity index (χ2v) is 2.02. The minimum Gasteiger partial charge on any atom is -0.455 e. The third-order valence-electron chi connectivity index (χ3n) is 1.35. The third-order valence-corrected chi connectivity index (χ3v) is 1.35. The van der Waals surface area contributed by atoms with Crippen molar-refractivity contribution in [3.05, 3.63) is 28.6 Å². The van der Waals surface area contributed by atoms with Crippen LogP contribution in [0, 0.1) is 0 Å². The number of pyridine rings is 1. The molecule has 2 heterocycles. The summed E-state index contributed by atoms with van der Waals surface area (Å²) in [4.78, 5) is 10.7. The third kappa shape index (κ3) is 0.655. The normalized spacial score (nSPS) is 13.6. The molecule has 1 aliphatic heterocycles. The highest BCUT2D eigenvalue weighted by atomic mass is 16.5. The molecule has 0 saturated carbocycles. The Hall–Kier alpha value is -1.45. The predicted octanol–water partition coefficient (Wildman–Crippen LogP) is -0.258. The molecule has 0 radical (unpaired) electrons. The molecule has 0 atom stereocenters. The van der Waals surface area contributed by atoms with E-state index in [0.29, 0.717) is 12.6 Å². The fourth-order valence-corrected chi connectivity index (χ4v) is 0.878. The van der Waals surface area contributed by atoms with Crippen LogP contribution in [0.15, 0.2) is 23.1 Å². The molecular formula is C6H6N2O2. The largest absolute Gasteiger partial charge is 0.455 e. The summed E-state index contributed by atoms with van der Waals surface area (Å²) >= 11 is 0. The van der Waals surface area contributed by atoms with Crippen molar-refractivity contribution in [1.82, 2.24) is 4.68 Å². The van der Waals surface area contributed by atoms with E-state index in [1.807, 2.05) is 0 Å². The van der Waals surface area contributed by atoms with Gasteiger partial charge in [-0.15, -0.1) is 0 Å². The van der Waals surface area contributed by atoms with Gasteiger partial charge in [-0.25, -0.2) is 4.68 Å². The summed E-state index contributed by atoms with van der Waals surface area (Å²) in [6, 6.07) is 2.92. The lowest BCUT2D eigenvalue weighted by Gasteiger charge is -1.96. The van der Waals surface area contributed by atoms with Gasteiger partial charge in [0.05, 0.1) is 0 Å². The van der Waals surface area contributed by atoms with Crippen molar-refractivity contribution in [3.63, 3.8) is 0 Å². The summed E-state index contributed by atoms with van der Waals surface area (Å²) in [6.45, 7) is 0.434. The van der Waals surface area contributed by atoms with Crippen LogP contribution in [0.1, 0.15) is 0 Å². The predicted molar refractivity (Wildman–Crippen MR) is 35.6 cm³/mol. The minimum atomic E-state index is -0.0325. The molecule has 0 bridgehead atoms. The van der Waals surface area contributed by atoms with Gasteiger partial charge in [0, 0.05) is 18.3 Å². The average Bonchev–Trinajstić information content (AvgIpc) is 2.33. The number of fused-ring (bicyclic) bond motifs is 1. The number of ether oxygens (including phenoxy) is 1. The average molecular weight is 138 g/mol. The maximum atomic E-state index is 10.7. The van der Waals surface area contributed by atoms with Crippen LogP contribution in [-0.2, 0) is 0 Å². The Bertz CT molecular complexity index is 305. The van der Waals surface area contributed by atoms with Crippen LogP contribution in [0.2, 0.25) is 0 Å².